The van der Waals surface area contributed by atoms with Gasteiger partial charge in [0.1, 0.15) is 0 Å². The fourth-order valence-corrected chi connectivity index (χ4v) is 3.88. The molecule has 2 heterocycles. The van der Waals surface area contributed by atoms with Crippen molar-refractivity contribution in [3.63, 3.8) is 0 Å². The van der Waals surface area contributed by atoms with Gasteiger partial charge < -0.3 is 25.3 Å². The Morgan fingerprint density at radius 2 is 2.38 bits per heavy atom. The Hall–Kier alpha value is -1.15. The SMILES string of the molecule is Cc1ccsc1CN(CCO)C(=O)NCCCN1CCC[C@H](O)C1. The van der Waals surface area contributed by atoms with Gasteiger partial charge in [-0.3, -0.25) is 0 Å². The number of rotatable bonds is 8. The summed E-state index contributed by atoms with van der Waals surface area (Å²) in [5.41, 5.74) is 1.18. The van der Waals surface area contributed by atoms with Gasteiger partial charge in [-0.25, -0.2) is 4.79 Å². The van der Waals surface area contributed by atoms with Gasteiger partial charge in [0.15, 0.2) is 0 Å². The van der Waals surface area contributed by atoms with Crippen molar-refractivity contribution in [3.05, 3.63) is 21.9 Å². The van der Waals surface area contributed by atoms with Crippen LogP contribution in [0.3, 0.4) is 0 Å². The van der Waals surface area contributed by atoms with Crippen LogP contribution in [-0.4, -0.2) is 71.5 Å². The molecule has 0 aromatic carbocycles. The zero-order chi connectivity index (χ0) is 17.4. The number of likely N-dealkylation sites (tertiary alicyclic amines) is 1. The summed E-state index contributed by atoms with van der Waals surface area (Å²) >= 11 is 1.63. The third-order valence-corrected chi connectivity index (χ3v) is 5.38. The highest BCUT2D eigenvalue weighted by molar-refractivity contribution is 7.10. The van der Waals surface area contributed by atoms with Gasteiger partial charge in [0.05, 0.1) is 19.3 Å². The van der Waals surface area contributed by atoms with E-state index in [0.29, 0.717) is 19.6 Å². The van der Waals surface area contributed by atoms with E-state index < -0.39 is 0 Å². The molecule has 1 aliphatic heterocycles. The monoisotopic (exact) mass is 355 g/mol. The zero-order valence-electron chi connectivity index (χ0n) is 14.4. The Morgan fingerprint density at radius 1 is 1.54 bits per heavy atom. The van der Waals surface area contributed by atoms with Gasteiger partial charge in [-0.1, -0.05) is 0 Å². The van der Waals surface area contributed by atoms with Crippen LogP contribution in [0.1, 0.15) is 29.7 Å². The van der Waals surface area contributed by atoms with Crippen LogP contribution in [0.15, 0.2) is 11.4 Å². The highest BCUT2D eigenvalue weighted by Crippen LogP contribution is 2.17. The van der Waals surface area contributed by atoms with Crippen molar-refractivity contribution in [2.45, 2.75) is 38.8 Å². The fraction of sp³-hybridized carbons (Fsp3) is 0.706. The van der Waals surface area contributed by atoms with E-state index in [-0.39, 0.29) is 18.7 Å². The van der Waals surface area contributed by atoms with Crippen LogP contribution < -0.4 is 5.32 Å². The van der Waals surface area contributed by atoms with Crippen LogP contribution in [-0.2, 0) is 6.54 Å². The number of hydrogen-bond donors (Lipinski definition) is 3. The minimum atomic E-state index is -0.206. The highest BCUT2D eigenvalue weighted by atomic mass is 32.1. The number of urea groups is 1. The van der Waals surface area contributed by atoms with Crippen LogP contribution >= 0.6 is 11.3 Å². The average molecular weight is 356 g/mol. The van der Waals surface area contributed by atoms with E-state index in [4.69, 9.17) is 0 Å². The summed E-state index contributed by atoms with van der Waals surface area (Å²) in [4.78, 5) is 17.4. The number of nitrogens with one attached hydrogen (secondary N) is 1. The molecule has 1 saturated heterocycles. The van der Waals surface area contributed by atoms with E-state index in [1.165, 1.54) is 5.56 Å². The molecule has 24 heavy (non-hydrogen) atoms. The predicted molar refractivity (Wildman–Crippen MR) is 96.2 cm³/mol. The molecule has 7 heteroatoms. The number of amides is 2. The first-order valence-electron chi connectivity index (χ1n) is 8.67. The molecule has 1 fully saturated rings. The van der Waals surface area contributed by atoms with Crippen molar-refractivity contribution in [1.29, 1.82) is 0 Å². The van der Waals surface area contributed by atoms with Crippen molar-refractivity contribution >= 4 is 17.4 Å². The Balaban J connectivity index is 1.71. The summed E-state index contributed by atoms with van der Waals surface area (Å²) in [7, 11) is 0. The van der Waals surface area contributed by atoms with Crippen molar-refractivity contribution < 1.29 is 15.0 Å². The quantitative estimate of drug-likeness (QED) is 0.616. The number of piperidine rings is 1. The maximum absolute atomic E-state index is 12.3. The third-order valence-electron chi connectivity index (χ3n) is 4.37. The van der Waals surface area contributed by atoms with E-state index in [9.17, 15) is 15.0 Å². The number of β-amino-alcohol motifs (C(OH)–C–C–N with tert-alkyl or cyclic N) is 1. The van der Waals surface area contributed by atoms with Gasteiger partial charge in [-0.15, -0.1) is 11.3 Å². The molecule has 1 aliphatic rings. The lowest BCUT2D eigenvalue weighted by atomic mass is 10.1. The normalized spacial score (nSPS) is 18.5. The summed E-state index contributed by atoms with van der Waals surface area (Å²) in [6, 6.07) is 1.91. The molecular weight excluding hydrogens is 326 g/mol. The van der Waals surface area contributed by atoms with Crippen molar-refractivity contribution in [3.8, 4) is 0 Å². The third kappa shape index (κ3) is 6.05. The molecule has 0 saturated carbocycles. The van der Waals surface area contributed by atoms with Gasteiger partial charge >= 0.3 is 6.03 Å². The highest BCUT2D eigenvalue weighted by Gasteiger charge is 2.18. The van der Waals surface area contributed by atoms with Gasteiger partial charge in [-0.05, 0) is 56.3 Å². The van der Waals surface area contributed by atoms with Gasteiger partial charge in [0.25, 0.3) is 0 Å². The maximum atomic E-state index is 12.3. The number of carbonyl (C=O) groups is 1. The molecule has 2 rings (SSSR count). The minimum absolute atomic E-state index is 0.0382. The molecule has 2 amide bonds. The molecule has 0 radical (unpaired) electrons. The fourth-order valence-electron chi connectivity index (χ4n) is 2.96. The second-order valence-electron chi connectivity index (χ2n) is 6.35. The van der Waals surface area contributed by atoms with E-state index in [2.05, 4.69) is 10.2 Å². The first kappa shape index (κ1) is 19.2. The number of carbonyl (C=O) groups excluding carboxylic acids is 1. The van der Waals surface area contributed by atoms with Crippen LogP contribution in [0.5, 0.6) is 0 Å². The van der Waals surface area contributed by atoms with E-state index in [1.807, 2.05) is 18.4 Å². The Morgan fingerprint density at radius 3 is 3.04 bits per heavy atom. The van der Waals surface area contributed by atoms with Crippen LogP contribution in [0.25, 0.3) is 0 Å². The predicted octanol–water partition coefficient (Wildman–Crippen LogP) is 1.41. The number of nitrogens with zero attached hydrogens (tertiary/aromatic N) is 2. The van der Waals surface area contributed by atoms with Crippen molar-refractivity contribution in [2.75, 3.05) is 39.3 Å². The molecule has 1 atom stereocenters. The molecule has 6 nitrogen and oxygen atoms in total. The number of aryl methyl sites for hydroxylation is 1. The van der Waals surface area contributed by atoms with Gasteiger partial charge in [-0.2, -0.15) is 0 Å². The lowest BCUT2D eigenvalue weighted by molar-refractivity contribution is 0.0701. The van der Waals surface area contributed by atoms with E-state index in [0.717, 1.165) is 43.8 Å². The number of aliphatic hydroxyl groups is 2. The first-order valence-corrected chi connectivity index (χ1v) is 9.55. The second-order valence-corrected chi connectivity index (χ2v) is 7.35. The molecular formula is C17H29N3O3S. The molecule has 0 unspecified atom stereocenters. The van der Waals surface area contributed by atoms with E-state index in [1.54, 1.807) is 16.2 Å². The maximum Gasteiger partial charge on any atom is 0.317 e. The summed E-state index contributed by atoms with van der Waals surface area (Å²) < 4.78 is 0. The molecule has 0 aliphatic carbocycles. The average Bonchev–Trinajstić information content (AvgIpc) is 2.96. The lowest BCUT2D eigenvalue weighted by Gasteiger charge is -2.30. The number of hydrogen-bond acceptors (Lipinski definition) is 5. The largest absolute Gasteiger partial charge is 0.395 e. The molecule has 0 bridgehead atoms. The molecule has 0 spiro atoms. The Kier molecular flexibility index (Phi) is 7.98. The van der Waals surface area contributed by atoms with E-state index >= 15 is 0 Å². The summed E-state index contributed by atoms with van der Waals surface area (Å²) in [6.45, 7) is 6.13. The van der Waals surface area contributed by atoms with Crippen LogP contribution in [0.4, 0.5) is 4.79 Å². The van der Waals surface area contributed by atoms with Crippen molar-refractivity contribution in [1.82, 2.24) is 15.1 Å². The second kappa shape index (κ2) is 9.98. The van der Waals surface area contributed by atoms with Crippen LogP contribution in [0.2, 0.25) is 0 Å². The zero-order valence-corrected chi connectivity index (χ0v) is 15.2. The van der Waals surface area contributed by atoms with Gasteiger partial charge in [0, 0.05) is 24.5 Å². The Labute approximate surface area is 148 Å². The van der Waals surface area contributed by atoms with Crippen molar-refractivity contribution in [2.24, 2.45) is 0 Å². The first-order chi connectivity index (χ1) is 11.6. The van der Waals surface area contributed by atoms with Crippen LogP contribution in [0, 0.1) is 6.92 Å². The summed E-state index contributed by atoms with van der Waals surface area (Å²) in [5, 5.41) is 23.8. The molecule has 136 valence electrons. The lowest BCUT2D eigenvalue weighted by Crippen LogP contribution is -2.43. The van der Waals surface area contributed by atoms with Gasteiger partial charge in [0.2, 0.25) is 0 Å². The number of thiophene rings is 1. The summed E-state index contributed by atoms with van der Waals surface area (Å²) in [6.07, 6.45) is 2.59. The standard InChI is InChI=1S/C17H29N3O3S/c1-14-5-11-24-16(14)13-20(9-10-21)17(23)18-6-3-8-19-7-2-4-15(22)12-19/h5,11,15,21-22H,2-4,6-10,12-13H2,1H3,(H,18,23)/t15-/m0/s1. The summed E-state index contributed by atoms with van der Waals surface area (Å²) in [5.74, 6) is 0. The number of aliphatic hydroxyl groups excluding tert-OH is 2. The molecule has 1 aromatic heterocycles. The minimum Gasteiger partial charge on any atom is -0.395 e. The molecule has 1 aromatic rings. The molecule has 3 N–H and O–H groups in total. The Bertz CT molecular complexity index is 509. The smallest absolute Gasteiger partial charge is 0.317 e. The topological polar surface area (TPSA) is 76.0 Å².